The molecule has 7 nitrogen and oxygen atoms in total. The van der Waals surface area contributed by atoms with Crippen LogP contribution in [-0.4, -0.2) is 30.3 Å². The van der Waals surface area contributed by atoms with E-state index in [1.807, 2.05) is 37.3 Å². The maximum absolute atomic E-state index is 11.9. The van der Waals surface area contributed by atoms with E-state index in [1.165, 1.54) is 12.1 Å². The summed E-state index contributed by atoms with van der Waals surface area (Å²) in [4.78, 5) is 33.0. The van der Waals surface area contributed by atoms with Gasteiger partial charge in [-0.2, -0.15) is 0 Å². The Morgan fingerprint density at radius 1 is 1.28 bits per heavy atom. The first-order valence-corrected chi connectivity index (χ1v) is 7.69. The first-order valence-electron chi connectivity index (χ1n) is 7.69. The highest BCUT2D eigenvalue weighted by Gasteiger charge is 2.13. The second kappa shape index (κ2) is 8.58. The number of nitro groups is 1. The quantitative estimate of drug-likeness (QED) is 0.452. The number of amides is 1. The smallest absolute Gasteiger partial charge is 0.270 e. The van der Waals surface area contributed by atoms with Crippen LogP contribution in [0.4, 0.5) is 5.69 Å². The summed E-state index contributed by atoms with van der Waals surface area (Å²) >= 11 is 0. The summed E-state index contributed by atoms with van der Waals surface area (Å²) in [5.41, 5.74) is 0.928. The van der Waals surface area contributed by atoms with Crippen molar-refractivity contribution in [3.8, 4) is 5.75 Å². The normalized spacial score (nSPS) is 11.4. The summed E-state index contributed by atoms with van der Waals surface area (Å²) in [6.07, 6.45) is 0.456. The third-order valence-electron chi connectivity index (χ3n) is 3.66. The number of carbonyl (C=O) groups excluding carboxylic acids is 2. The molecule has 0 radical (unpaired) electrons. The predicted octanol–water partition coefficient (Wildman–Crippen LogP) is 2.71. The number of nitrogens with zero attached hydrogens (tertiary/aromatic N) is 1. The second-order valence-electron chi connectivity index (χ2n) is 5.50. The molecule has 0 spiro atoms. The third-order valence-corrected chi connectivity index (χ3v) is 3.66. The topological polar surface area (TPSA) is 98.5 Å². The summed E-state index contributed by atoms with van der Waals surface area (Å²) < 4.78 is 5.30. The van der Waals surface area contributed by atoms with E-state index >= 15 is 0 Å². The number of ether oxygens (including phenoxy) is 1. The lowest BCUT2D eigenvalue weighted by Gasteiger charge is -2.13. The lowest BCUT2D eigenvalue weighted by atomic mass is 10.0. The van der Waals surface area contributed by atoms with Crippen LogP contribution in [0.25, 0.3) is 0 Å². The fourth-order valence-corrected chi connectivity index (χ4v) is 2.23. The minimum atomic E-state index is -0.603. The monoisotopic (exact) mass is 342 g/mol. The van der Waals surface area contributed by atoms with E-state index in [4.69, 9.17) is 4.74 Å². The van der Waals surface area contributed by atoms with Gasteiger partial charge in [-0.3, -0.25) is 19.7 Å². The molecule has 0 saturated carbocycles. The van der Waals surface area contributed by atoms with Crippen LogP contribution >= 0.6 is 0 Å². The molecule has 2 rings (SSSR count). The lowest BCUT2D eigenvalue weighted by molar-refractivity contribution is -0.384. The SMILES string of the molecule is C[C@@H](CNC(=O)COc1ccc([N+](=O)[O-])cc1C=O)c1ccccc1. The largest absolute Gasteiger partial charge is 0.483 e. The molecule has 0 bridgehead atoms. The van der Waals surface area contributed by atoms with Gasteiger partial charge < -0.3 is 10.1 Å². The molecule has 7 heteroatoms. The summed E-state index contributed by atoms with van der Waals surface area (Å²) in [7, 11) is 0. The highest BCUT2D eigenvalue weighted by atomic mass is 16.6. The number of rotatable bonds is 8. The number of non-ortho nitro benzene ring substituents is 1. The summed E-state index contributed by atoms with van der Waals surface area (Å²) in [5.74, 6) is -0.0556. The van der Waals surface area contributed by atoms with Gasteiger partial charge in [0.1, 0.15) is 5.75 Å². The Labute approximate surface area is 144 Å². The standard InChI is InChI=1S/C18H18N2O5/c1-13(14-5-3-2-4-6-14)10-19-18(22)12-25-17-8-7-16(20(23)24)9-15(17)11-21/h2-9,11,13H,10,12H2,1H3,(H,19,22)/t13-/m0/s1. The molecule has 2 aromatic carbocycles. The van der Waals surface area contributed by atoms with Crippen molar-refractivity contribution < 1.29 is 19.2 Å². The average molecular weight is 342 g/mol. The fourth-order valence-electron chi connectivity index (χ4n) is 2.23. The molecule has 1 N–H and O–H groups in total. The zero-order valence-corrected chi connectivity index (χ0v) is 13.7. The van der Waals surface area contributed by atoms with Crippen molar-refractivity contribution in [3.63, 3.8) is 0 Å². The summed E-state index contributed by atoms with van der Waals surface area (Å²) in [6, 6.07) is 13.4. The Morgan fingerprint density at radius 2 is 2.00 bits per heavy atom. The fraction of sp³-hybridized carbons (Fsp3) is 0.222. The van der Waals surface area contributed by atoms with Crippen LogP contribution in [0, 0.1) is 10.1 Å². The molecule has 1 amide bonds. The van der Waals surface area contributed by atoms with E-state index in [0.717, 1.165) is 11.6 Å². The van der Waals surface area contributed by atoms with Gasteiger partial charge in [0.25, 0.3) is 11.6 Å². The van der Waals surface area contributed by atoms with Crippen molar-refractivity contribution >= 4 is 17.9 Å². The highest BCUT2D eigenvalue weighted by Crippen LogP contribution is 2.22. The van der Waals surface area contributed by atoms with Crippen LogP contribution < -0.4 is 10.1 Å². The van der Waals surface area contributed by atoms with E-state index in [9.17, 15) is 19.7 Å². The van der Waals surface area contributed by atoms with Crippen molar-refractivity contribution in [1.82, 2.24) is 5.32 Å². The molecule has 0 fully saturated rings. The molecule has 2 aromatic rings. The molecule has 0 aliphatic rings. The number of nitro benzene ring substituents is 1. The molecule has 0 saturated heterocycles. The second-order valence-corrected chi connectivity index (χ2v) is 5.50. The van der Waals surface area contributed by atoms with Gasteiger partial charge in [-0.1, -0.05) is 37.3 Å². The number of hydrogen-bond acceptors (Lipinski definition) is 5. The van der Waals surface area contributed by atoms with Gasteiger partial charge in [-0.25, -0.2) is 0 Å². The van der Waals surface area contributed by atoms with Crippen LogP contribution in [0.2, 0.25) is 0 Å². The van der Waals surface area contributed by atoms with Crippen LogP contribution in [0.1, 0.15) is 28.8 Å². The van der Waals surface area contributed by atoms with E-state index < -0.39 is 4.92 Å². The molecular formula is C18H18N2O5. The Hall–Kier alpha value is -3.22. The molecule has 0 aliphatic carbocycles. The number of nitrogens with one attached hydrogen (secondary N) is 1. The minimum Gasteiger partial charge on any atom is -0.483 e. The van der Waals surface area contributed by atoms with E-state index in [0.29, 0.717) is 12.8 Å². The Bertz CT molecular complexity index is 761. The van der Waals surface area contributed by atoms with Gasteiger partial charge in [-0.05, 0) is 17.5 Å². The minimum absolute atomic E-state index is 0.0275. The maximum atomic E-state index is 11.9. The van der Waals surface area contributed by atoms with Gasteiger partial charge >= 0.3 is 0 Å². The zero-order chi connectivity index (χ0) is 18.2. The van der Waals surface area contributed by atoms with Crippen LogP contribution in [0.5, 0.6) is 5.75 Å². The first kappa shape index (κ1) is 18.1. The summed E-state index contributed by atoms with van der Waals surface area (Å²) in [6.45, 7) is 2.17. The molecule has 0 heterocycles. The van der Waals surface area contributed by atoms with Gasteiger partial charge in [0, 0.05) is 18.7 Å². The molecule has 0 aromatic heterocycles. The van der Waals surface area contributed by atoms with E-state index in [1.54, 1.807) is 0 Å². The van der Waals surface area contributed by atoms with Crippen LogP contribution in [0.3, 0.4) is 0 Å². The van der Waals surface area contributed by atoms with Crippen molar-refractivity contribution in [2.45, 2.75) is 12.8 Å². The zero-order valence-electron chi connectivity index (χ0n) is 13.7. The van der Waals surface area contributed by atoms with Gasteiger partial charge in [0.05, 0.1) is 10.5 Å². The van der Waals surface area contributed by atoms with E-state index in [-0.39, 0.29) is 35.4 Å². The van der Waals surface area contributed by atoms with E-state index in [2.05, 4.69) is 5.32 Å². The summed E-state index contributed by atoms with van der Waals surface area (Å²) in [5, 5.41) is 13.5. The average Bonchev–Trinajstić information content (AvgIpc) is 2.64. The molecule has 1 atom stereocenters. The molecule has 0 aliphatic heterocycles. The highest BCUT2D eigenvalue weighted by molar-refractivity contribution is 5.82. The lowest BCUT2D eigenvalue weighted by Crippen LogP contribution is -2.32. The number of carbonyl (C=O) groups is 2. The Kier molecular flexibility index (Phi) is 6.22. The molecule has 0 unspecified atom stereocenters. The molecule has 25 heavy (non-hydrogen) atoms. The van der Waals surface area contributed by atoms with Crippen LogP contribution in [-0.2, 0) is 4.79 Å². The number of hydrogen-bond donors (Lipinski definition) is 1. The van der Waals surface area contributed by atoms with Crippen molar-refractivity contribution in [2.24, 2.45) is 0 Å². The third kappa shape index (κ3) is 5.13. The predicted molar refractivity (Wildman–Crippen MR) is 91.8 cm³/mol. The van der Waals surface area contributed by atoms with Gasteiger partial charge in [-0.15, -0.1) is 0 Å². The molecule has 130 valence electrons. The van der Waals surface area contributed by atoms with Crippen molar-refractivity contribution in [1.29, 1.82) is 0 Å². The van der Waals surface area contributed by atoms with Gasteiger partial charge in [0.2, 0.25) is 0 Å². The maximum Gasteiger partial charge on any atom is 0.270 e. The number of aldehydes is 1. The van der Waals surface area contributed by atoms with Crippen LogP contribution in [0.15, 0.2) is 48.5 Å². The first-order chi connectivity index (χ1) is 12.0. The van der Waals surface area contributed by atoms with Gasteiger partial charge in [0.15, 0.2) is 12.9 Å². The number of benzene rings is 2. The Balaban J connectivity index is 1.87. The van der Waals surface area contributed by atoms with Crippen molar-refractivity contribution in [3.05, 3.63) is 69.8 Å². The Morgan fingerprint density at radius 3 is 2.64 bits per heavy atom. The molecular weight excluding hydrogens is 324 g/mol. The van der Waals surface area contributed by atoms with Crippen molar-refractivity contribution in [2.75, 3.05) is 13.2 Å².